The third-order valence-electron chi connectivity index (χ3n) is 2.74. The molecule has 0 radical (unpaired) electrons. The normalized spacial score (nSPS) is 10.6. The highest BCUT2D eigenvalue weighted by Gasteiger charge is 2.20. The molecular formula is C13H18Cl2N2O2. The van der Waals surface area contributed by atoms with Gasteiger partial charge in [-0.15, -0.1) is 0 Å². The third-order valence-corrected chi connectivity index (χ3v) is 3.69. The van der Waals surface area contributed by atoms with Crippen molar-refractivity contribution < 1.29 is 9.53 Å². The summed E-state index contributed by atoms with van der Waals surface area (Å²) in [6.45, 7) is 7.79. The molecule has 0 aromatic carbocycles. The van der Waals surface area contributed by atoms with E-state index in [9.17, 15) is 4.79 Å². The highest BCUT2D eigenvalue weighted by Crippen LogP contribution is 2.28. The van der Waals surface area contributed by atoms with Crippen molar-refractivity contribution in [3.05, 3.63) is 27.5 Å². The molecule has 1 amide bonds. The van der Waals surface area contributed by atoms with E-state index in [0.717, 1.165) is 0 Å². The van der Waals surface area contributed by atoms with E-state index >= 15 is 0 Å². The Labute approximate surface area is 123 Å². The Morgan fingerprint density at radius 1 is 1.37 bits per heavy atom. The summed E-state index contributed by atoms with van der Waals surface area (Å²) < 4.78 is 5.26. The van der Waals surface area contributed by atoms with Gasteiger partial charge < -0.3 is 9.64 Å². The fourth-order valence-electron chi connectivity index (χ4n) is 1.59. The number of aromatic nitrogens is 1. The maximum atomic E-state index is 12.3. The van der Waals surface area contributed by atoms with Gasteiger partial charge in [0.25, 0.3) is 5.91 Å². The second-order valence-electron chi connectivity index (χ2n) is 3.97. The fraction of sp³-hybridized carbons (Fsp3) is 0.538. The first kappa shape index (κ1) is 16.2. The summed E-state index contributed by atoms with van der Waals surface area (Å²) in [5.74, 6) is -0.179. The van der Waals surface area contributed by atoms with Crippen molar-refractivity contribution in [2.45, 2.75) is 20.8 Å². The molecule has 0 fully saturated rings. The van der Waals surface area contributed by atoms with Crippen LogP contribution in [0.25, 0.3) is 0 Å². The molecule has 0 aliphatic heterocycles. The predicted molar refractivity (Wildman–Crippen MR) is 77.1 cm³/mol. The first-order chi connectivity index (χ1) is 9.02. The first-order valence-corrected chi connectivity index (χ1v) is 6.96. The Morgan fingerprint density at radius 2 is 2.05 bits per heavy atom. The summed E-state index contributed by atoms with van der Waals surface area (Å²) in [5.41, 5.74) is 0.941. The number of carbonyl (C=O) groups excluding carboxylic acids is 1. The zero-order valence-electron chi connectivity index (χ0n) is 11.4. The average Bonchev–Trinajstić information content (AvgIpc) is 2.41. The van der Waals surface area contributed by atoms with Gasteiger partial charge in [-0.3, -0.25) is 9.78 Å². The van der Waals surface area contributed by atoms with Crippen molar-refractivity contribution in [3.8, 4) is 0 Å². The van der Waals surface area contributed by atoms with Gasteiger partial charge >= 0.3 is 0 Å². The van der Waals surface area contributed by atoms with Crippen LogP contribution in [0.3, 0.4) is 0 Å². The highest BCUT2D eigenvalue weighted by atomic mass is 35.5. The summed E-state index contributed by atoms with van der Waals surface area (Å²) in [6, 6.07) is 0. The first-order valence-electron chi connectivity index (χ1n) is 6.20. The van der Waals surface area contributed by atoms with Crippen molar-refractivity contribution in [1.29, 1.82) is 0 Å². The SMILES string of the molecule is CCOCCN(CC)C(=O)c1cnc(C)c(Cl)c1Cl. The van der Waals surface area contributed by atoms with Crippen molar-refractivity contribution in [1.82, 2.24) is 9.88 Å². The van der Waals surface area contributed by atoms with E-state index in [1.165, 1.54) is 6.20 Å². The Hall–Kier alpha value is -0.840. The van der Waals surface area contributed by atoms with Crippen LogP contribution in [0, 0.1) is 6.92 Å². The molecule has 6 heteroatoms. The van der Waals surface area contributed by atoms with Crippen LogP contribution in [0.4, 0.5) is 0 Å². The summed E-state index contributed by atoms with van der Waals surface area (Å²) in [5, 5.41) is 0.586. The lowest BCUT2D eigenvalue weighted by Gasteiger charge is -2.21. The van der Waals surface area contributed by atoms with Gasteiger partial charge in [-0.25, -0.2) is 0 Å². The molecule has 4 nitrogen and oxygen atoms in total. The van der Waals surface area contributed by atoms with Crippen LogP contribution in [0.1, 0.15) is 29.9 Å². The number of hydrogen-bond donors (Lipinski definition) is 0. The quantitative estimate of drug-likeness (QED) is 0.758. The molecule has 0 unspecified atom stereocenters. The lowest BCUT2D eigenvalue weighted by Crippen LogP contribution is -2.34. The molecule has 1 aromatic rings. The molecule has 0 N–H and O–H groups in total. The fourth-order valence-corrected chi connectivity index (χ4v) is 2.01. The summed E-state index contributed by atoms with van der Waals surface area (Å²) in [6.07, 6.45) is 1.47. The van der Waals surface area contributed by atoms with Gasteiger partial charge in [-0.05, 0) is 20.8 Å². The van der Waals surface area contributed by atoms with Gasteiger partial charge in [-0.1, -0.05) is 23.2 Å². The predicted octanol–water partition coefficient (Wildman–Crippen LogP) is 3.20. The van der Waals surface area contributed by atoms with E-state index in [0.29, 0.717) is 42.6 Å². The van der Waals surface area contributed by atoms with E-state index in [1.54, 1.807) is 11.8 Å². The Balaban J connectivity index is 2.88. The smallest absolute Gasteiger partial charge is 0.257 e. The van der Waals surface area contributed by atoms with E-state index in [2.05, 4.69) is 4.98 Å². The molecule has 0 saturated heterocycles. The van der Waals surface area contributed by atoms with Crippen LogP contribution in [0.15, 0.2) is 6.20 Å². The number of rotatable bonds is 6. The zero-order chi connectivity index (χ0) is 14.4. The van der Waals surface area contributed by atoms with Crippen molar-refractivity contribution in [2.75, 3.05) is 26.3 Å². The van der Waals surface area contributed by atoms with Crippen LogP contribution in [-0.4, -0.2) is 42.1 Å². The average molecular weight is 305 g/mol. The minimum atomic E-state index is -0.179. The molecule has 1 rings (SSSR count). The number of pyridine rings is 1. The summed E-state index contributed by atoms with van der Waals surface area (Å²) in [4.78, 5) is 18.1. The van der Waals surface area contributed by atoms with E-state index in [-0.39, 0.29) is 10.9 Å². The topological polar surface area (TPSA) is 42.4 Å². The molecule has 0 aliphatic carbocycles. The highest BCUT2D eigenvalue weighted by molar-refractivity contribution is 6.44. The maximum absolute atomic E-state index is 12.3. The number of hydrogen-bond acceptors (Lipinski definition) is 3. The number of amides is 1. The number of ether oxygens (including phenoxy) is 1. The molecule has 1 aromatic heterocycles. The molecule has 0 aliphatic rings. The van der Waals surface area contributed by atoms with Crippen molar-refractivity contribution in [3.63, 3.8) is 0 Å². The van der Waals surface area contributed by atoms with Gasteiger partial charge in [-0.2, -0.15) is 0 Å². The van der Waals surface area contributed by atoms with Gasteiger partial charge in [0.2, 0.25) is 0 Å². The van der Waals surface area contributed by atoms with Crippen LogP contribution < -0.4 is 0 Å². The second kappa shape index (κ2) is 7.68. The van der Waals surface area contributed by atoms with Crippen LogP contribution in [0.5, 0.6) is 0 Å². The Bertz CT molecular complexity index is 453. The van der Waals surface area contributed by atoms with E-state index < -0.39 is 0 Å². The van der Waals surface area contributed by atoms with E-state index in [1.807, 2.05) is 13.8 Å². The number of halogens is 2. The Morgan fingerprint density at radius 3 is 2.63 bits per heavy atom. The van der Waals surface area contributed by atoms with Gasteiger partial charge in [0.05, 0.1) is 27.9 Å². The van der Waals surface area contributed by atoms with Crippen LogP contribution in [-0.2, 0) is 4.74 Å². The summed E-state index contributed by atoms with van der Waals surface area (Å²) in [7, 11) is 0. The molecule has 0 atom stereocenters. The van der Waals surface area contributed by atoms with Gasteiger partial charge in [0, 0.05) is 25.9 Å². The molecular weight excluding hydrogens is 287 g/mol. The van der Waals surface area contributed by atoms with Crippen LogP contribution >= 0.6 is 23.2 Å². The number of likely N-dealkylation sites (N-methyl/N-ethyl adjacent to an activating group) is 1. The molecule has 1 heterocycles. The lowest BCUT2D eigenvalue weighted by atomic mass is 10.2. The minimum Gasteiger partial charge on any atom is -0.380 e. The third kappa shape index (κ3) is 4.06. The van der Waals surface area contributed by atoms with Gasteiger partial charge in [0.1, 0.15) is 0 Å². The minimum absolute atomic E-state index is 0.179. The summed E-state index contributed by atoms with van der Waals surface area (Å²) >= 11 is 12.1. The largest absolute Gasteiger partial charge is 0.380 e. The second-order valence-corrected chi connectivity index (χ2v) is 4.72. The maximum Gasteiger partial charge on any atom is 0.257 e. The zero-order valence-corrected chi connectivity index (χ0v) is 12.9. The Kier molecular flexibility index (Phi) is 6.55. The number of carbonyl (C=O) groups is 1. The van der Waals surface area contributed by atoms with Crippen molar-refractivity contribution >= 4 is 29.1 Å². The van der Waals surface area contributed by atoms with Gasteiger partial charge in [0.15, 0.2) is 0 Å². The monoisotopic (exact) mass is 304 g/mol. The molecule has 0 spiro atoms. The standard InChI is InChI=1S/C13H18Cl2N2O2/c1-4-17(6-7-19-5-2)13(18)10-8-16-9(3)11(14)12(10)15/h8H,4-7H2,1-3H3. The molecule has 0 saturated carbocycles. The number of aryl methyl sites for hydroxylation is 1. The number of nitrogens with zero attached hydrogens (tertiary/aromatic N) is 2. The molecule has 0 bridgehead atoms. The van der Waals surface area contributed by atoms with Crippen molar-refractivity contribution in [2.24, 2.45) is 0 Å². The van der Waals surface area contributed by atoms with E-state index in [4.69, 9.17) is 27.9 Å². The lowest BCUT2D eigenvalue weighted by molar-refractivity contribution is 0.0669. The molecule has 106 valence electrons. The van der Waals surface area contributed by atoms with Crippen LogP contribution in [0.2, 0.25) is 10.0 Å². The molecule has 19 heavy (non-hydrogen) atoms.